The predicted octanol–water partition coefficient (Wildman–Crippen LogP) is 4.01. The van der Waals surface area contributed by atoms with Gasteiger partial charge in [-0.1, -0.05) is 41.4 Å². The summed E-state index contributed by atoms with van der Waals surface area (Å²) in [6.07, 6.45) is 0. The first-order valence-corrected chi connectivity index (χ1v) is 5.49. The Bertz CT molecular complexity index is 486. The Labute approximate surface area is 104 Å². The highest BCUT2D eigenvalue weighted by Gasteiger charge is 2.08. The molecule has 0 amide bonds. The zero-order valence-corrected chi connectivity index (χ0v) is 9.91. The molecule has 0 saturated heterocycles. The lowest BCUT2D eigenvalue weighted by Gasteiger charge is -2.19. The van der Waals surface area contributed by atoms with E-state index in [-0.39, 0.29) is 0 Å². The number of halogens is 2. The van der Waals surface area contributed by atoms with E-state index in [9.17, 15) is 0 Å². The molecule has 0 aliphatic rings. The SMILES string of the molecule is NN(c1ccccc1)c1ccc(Cl)cc1Cl. The first-order valence-electron chi connectivity index (χ1n) is 4.73. The third-order valence-electron chi connectivity index (χ3n) is 2.20. The second kappa shape index (κ2) is 4.74. The summed E-state index contributed by atoms with van der Waals surface area (Å²) in [4.78, 5) is 0. The van der Waals surface area contributed by atoms with Crippen LogP contribution in [0.3, 0.4) is 0 Å². The summed E-state index contributed by atoms with van der Waals surface area (Å²) in [6, 6.07) is 14.8. The fourth-order valence-electron chi connectivity index (χ4n) is 1.40. The van der Waals surface area contributed by atoms with Crippen molar-refractivity contribution in [2.24, 2.45) is 5.84 Å². The lowest BCUT2D eigenvalue weighted by atomic mass is 10.2. The summed E-state index contributed by atoms with van der Waals surface area (Å²) < 4.78 is 0. The van der Waals surface area contributed by atoms with Crippen molar-refractivity contribution < 1.29 is 0 Å². The minimum absolute atomic E-state index is 0.527. The fraction of sp³-hybridized carbons (Fsp3) is 0. The van der Waals surface area contributed by atoms with Crippen LogP contribution < -0.4 is 10.9 Å². The van der Waals surface area contributed by atoms with Crippen LogP contribution in [0.4, 0.5) is 11.4 Å². The monoisotopic (exact) mass is 252 g/mol. The molecule has 0 spiro atoms. The van der Waals surface area contributed by atoms with Gasteiger partial charge in [-0.25, -0.2) is 5.84 Å². The van der Waals surface area contributed by atoms with E-state index >= 15 is 0 Å². The minimum Gasteiger partial charge on any atom is -0.278 e. The molecular formula is C12H10Cl2N2. The molecule has 0 radical (unpaired) electrons. The number of benzene rings is 2. The van der Waals surface area contributed by atoms with Crippen molar-refractivity contribution >= 4 is 34.6 Å². The Morgan fingerprint density at radius 1 is 0.938 bits per heavy atom. The highest BCUT2D eigenvalue weighted by atomic mass is 35.5. The highest BCUT2D eigenvalue weighted by Crippen LogP contribution is 2.31. The first kappa shape index (κ1) is 11.3. The van der Waals surface area contributed by atoms with E-state index in [2.05, 4.69) is 0 Å². The van der Waals surface area contributed by atoms with Gasteiger partial charge in [0.25, 0.3) is 0 Å². The van der Waals surface area contributed by atoms with Crippen LogP contribution >= 0.6 is 23.2 Å². The summed E-state index contributed by atoms with van der Waals surface area (Å²) in [7, 11) is 0. The minimum atomic E-state index is 0.527. The van der Waals surface area contributed by atoms with Gasteiger partial charge < -0.3 is 0 Å². The van der Waals surface area contributed by atoms with E-state index in [0.29, 0.717) is 10.0 Å². The number of hydrazine groups is 1. The van der Waals surface area contributed by atoms with Gasteiger partial charge in [0.15, 0.2) is 0 Å². The van der Waals surface area contributed by atoms with Gasteiger partial charge in [0, 0.05) is 5.02 Å². The van der Waals surface area contributed by atoms with Crippen molar-refractivity contribution in [2.45, 2.75) is 0 Å². The Kier molecular flexibility index (Phi) is 3.34. The van der Waals surface area contributed by atoms with E-state index < -0.39 is 0 Å². The number of anilines is 2. The second-order valence-electron chi connectivity index (χ2n) is 3.30. The molecule has 0 fully saturated rings. The van der Waals surface area contributed by atoms with Crippen molar-refractivity contribution in [2.75, 3.05) is 5.01 Å². The summed E-state index contributed by atoms with van der Waals surface area (Å²) >= 11 is 11.9. The molecule has 16 heavy (non-hydrogen) atoms. The third-order valence-corrected chi connectivity index (χ3v) is 2.74. The molecule has 0 aliphatic heterocycles. The molecule has 0 aliphatic carbocycles. The van der Waals surface area contributed by atoms with Crippen LogP contribution in [0.1, 0.15) is 0 Å². The van der Waals surface area contributed by atoms with E-state index in [4.69, 9.17) is 29.0 Å². The molecule has 0 saturated carbocycles. The van der Waals surface area contributed by atoms with Crippen LogP contribution in [-0.4, -0.2) is 0 Å². The number of para-hydroxylation sites is 1. The van der Waals surface area contributed by atoms with Gasteiger partial charge in [-0.3, -0.25) is 5.01 Å². The van der Waals surface area contributed by atoms with Gasteiger partial charge in [0.05, 0.1) is 16.4 Å². The average molecular weight is 253 g/mol. The molecule has 2 rings (SSSR count). The molecule has 4 heteroatoms. The molecule has 0 aromatic heterocycles. The second-order valence-corrected chi connectivity index (χ2v) is 4.14. The van der Waals surface area contributed by atoms with Crippen molar-refractivity contribution in [3.63, 3.8) is 0 Å². The normalized spacial score (nSPS) is 10.2. The van der Waals surface area contributed by atoms with Gasteiger partial charge in [0.2, 0.25) is 0 Å². The van der Waals surface area contributed by atoms with Crippen LogP contribution in [-0.2, 0) is 0 Å². The van der Waals surface area contributed by atoms with Crippen molar-refractivity contribution in [1.82, 2.24) is 0 Å². The lowest BCUT2D eigenvalue weighted by molar-refractivity contribution is 1.09. The average Bonchev–Trinajstić information content (AvgIpc) is 2.29. The van der Waals surface area contributed by atoms with Gasteiger partial charge in [-0.05, 0) is 30.3 Å². The molecule has 2 aromatic carbocycles. The van der Waals surface area contributed by atoms with Crippen LogP contribution in [0.5, 0.6) is 0 Å². The van der Waals surface area contributed by atoms with Crippen molar-refractivity contribution in [3.8, 4) is 0 Å². The summed E-state index contributed by atoms with van der Waals surface area (Å²) in [5.74, 6) is 5.97. The maximum Gasteiger partial charge on any atom is 0.0762 e. The fourth-order valence-corrected chi connectivity index (χ4v) is 1.90. The Hall–Kier alpha value is -1.22. The van der Waals surface area contributed by atoms with E-state index in [1.807, 2.05) is 30.3 Å². The van der Waals surface area contributed by atoms with E-state index in [1.165, 1.54) is 5.01 Å². The quantitative estimate of drug-likeness (QED) is 0.647. The number of nitrogens with zero attached hydrogens (tertiary/aromatic N) is 1. The number of rotatable bonds is 2. The van der Waals surface area contributed by atoms with Gasteiger partial charge in [-0.2, -0.15) is 0 Å². The molecule has 2 aromatic rings. The maximum atomic E-state index is 6.07. The maximum absolute atomic E-state index is 6.07. The molecule has 2 nitrogen and oxygen atoms in total. The smallest absolute Gasteiger partial charge is 0.0762 e. The molecule has 82 valence electrons. The molecule has 0 heterocycles. The number of nitrogens with two attached hydrogens (primary N) is 1. The van der Waals surface area contributed by atoms with Crippen LogP contribution in [0.25, 0.3) is 0 Å². The largest absolute Gasteiger partial charge is 0.278 e. The number of hydrogen-bond acceptors (Lipinski definition) is 2. The standard InChI is InChI=1S/C12H10Cl2N2/c13-9-6-7-12(11(14)8-9)16(15)10-4-2-1-3-5-10/h1-8H,15H2. The van der Waals surface area contributed by atoms with E-state index in [1.54, 1.807) is 18.2 Å². The van der Waals surface area contributed by atoms with E-state index in [0.717, 1.165) is 11.4 Å². The van der Waals surface area contributed by atoms with Crippen molar-refractivity contribution in [1.29, 1.82) is 0 Å². The van der Waals surface area contributed by atoms with Crippen LogP contribution in [0.15, 0.2) is 48.5 Å². The first-order chi connectivity index (χ1) is 7.68. The molecule has 0 unspecified atom stereocenters. The Morgan fingerprint density at radius 2 is 1.62 bits per heavy atom. The zero-order valence-electron chi connectivity index (χ0n) is 8.40. The lowest BCUT2D eigenvalue weighted by Crippen LogP contribution is -2.25. The summed E-state index contributed by atoms with van der Waals surface area (Å²) in [5, 5.41) is 2.65. The molecular weight excluding hydrogens is 243 g/mol. The third kappa shape index (κ3) is 2.30. The molecule has 2 N–H and O–H groups in total. The van der Waals surface area contributed by atoms with Gasteiger partial charge >= 0.3 is 0 Å². The topological polar surface area (TPSA) is 29.3 Å². The van der Waals surface area contributed by atoms with Gasteiger partial charge in [-0.15, -0.1) is 0 Å². The summed E-state index contributed by atoms with van der Waals surface area (Å²) in [5.41, 5.74) is 1.59. The predicted molar refractivity (Wildman–Crippen MR) is 69.2 cm³/mol. The van der Waals surface area contributed by atoms with Gasteiger partial charge in [0.1, 0.15) is 0 Å². The molecule has 0 bridgehead atoms. The van der Waals surface area contributed by atoms with Crippen LogP contribution in [0, 0.1) is 0 Å². The van der Waals surface area contributed by atoms with Crippen molar-refractivity contribution in [3.05, 3.63) is 58.6 Å². The van der Waals surface area contributed by atoms with Crippen LogP contribution in [0.2, 0.25) is 10.0 Å². The Balaban J connectivity index is 2.38. The summed E-state index contributed by atoms with van der Waals surface area (Å²) in [6.45, 7) is 0. The molecule has 0 atom stereocenters. The number of hydrogen-bond donors (Lipinski definition) is 1. The Morgan fingerprint density at radius 3 is 2.25 bits per heavy atom. The highest BCUT2D eigenvalue weighted by molar-refractivity contribution is 6.36. The zero-order chi connectivity index (χ0) is 11.5.